The van der Waals surface area contributed by atoms with E-state index in [2.05, 4.69) is 25.9 Å². The highest BCUT2D eigenvalue weighted by Gasteiger charge is 2.18. The van der Waals surface area contributed by atoms with E-state index in [1.54, 1.807) is 16.5 Å². The predicted octanol–water partition coefficient (Wildman–Crippen LogP) is 2.66. The molecule has 0 amide bonds. The molecule has 0 aliphatic rings. The van der Waals surface area contributed by atoms with Gasteiger partial charge >= 0.3 is 0 Å². The number of hydrogen-bond acceptors (Lipinski definition) is 4. The van der Waals surface area contributed by atoms with Gasteiger partial charge in [-0.25, -0.2) is 4.98 Å². The summed E-state index contributed by atoms with van der Waals surface area (Å²) in [5.41, 5.74) is 1.62. The van der Waals surface area contributed by atoms with Crippen molar-refractivity contribution in [2.45, 2.75) is 6.54 Å². The Bertz CT molecular complexity index is 947. The maximum atomic E-state index is 12.7. The monoisotopic (exact) mass is 395 g/mol. The van der Waals surface area contributed by atoms with Crippen LogP contribution in [0.25, 0.3) is 11.2 Å². The van der Waals surface area contributed by atoms with Crippen LogP contribution in [0.1, 0.15) is 5.56 Å². The Labute approximate surface area is 146 Å². The predicted molar refractivity (Wildman–Crippen MR) is 95.4 cm³/mol. The van der Waals surface area contributed by atoms with Crippen LogP contribution in [0.2, 0.25) is 5.02 Å². The van der Waals surface area contributed by atoms with E-state index >= 15 is 0 Å². The van der Waals surface area contributed by atoms with Crippen LogP contribution in [0.4, 0.5) is 5.95 Å². The number of anilines is 1. The summed E-state index contributed by atoms with van der Waals surface area (Å²) >= 11 is 9.65. The molecule has 0 fully saturated rings. The zero-order valence-corrected chi connectivity index (χ0v) is 15.3. The zero-order valence-electron chi connectivity index (χ0n) is 12.9. The van der Waals surface area contributed by atoms with E-state index < -0.39 is 0 Å². The Morgan fingerprint density at radius 3 is 2.61 bits per heavy atom. The topological polar surface area (TPSA) is 56.0 Å². The third kappa shape index (κ3) is 2.74. The first kappa shape index (κ1) is 16.0. The van der Waals surface area contributed by atoms with Gasteiger partial charge in [-0.1, -0.05) is 29.8 Å². The van der Waals surface area contributed by atoms with Crippen molar-refractivity contribution in [3.8, 4) is 0 Å². The standard InChI is InChI=1S/C15H15BrClN5O/c1-20(2)15-19-12-11(13(23)21(15)3)22(14(16)18-12)8-9-6-4-5-7-10(9)17/h4-7H,8H2,1-3H3. The fourth-order valence-electron chi connectivity index (χ4n) is 2.46. The number of benzene rings is 1. The second kappa shape index (κ2) is 5.98. The highest BCUT2D eigenvalue weighted by molar-refractivity contribution is 9.10. The first-order chi connectivity index (χ1) is 10.9. The smallest absolute Gasteiger partial charge is 0.280 e. The second-order valence-corrected chi connectivity index (χ2v) is 6.52. The first-order valence-electron chi connectivity index (χ1n) is 6.93. The van der Waals surface area contributed by atoms with Crippen molar-refractivity contribution in [3.05, 3.63) is 49.9 Å². The SMILES string of the molecule is CN(C)c1nc2nc(Br)n(Cc3ccccc3Cl)c2c(=O)n1C. The zero-order chi connectivity index (χ0) is 16.7. The summed E-state index contributed by atoms with van der Waals surface area (Å²) < 4.78 is 3.85. The van der Waals surface area contributed by atoms with Crippen molar-refractivity contribution < 1.29 is 0 Å². The van der Waals surface area contributed by atoms with Crippen molar-refractivity contribution in [2.24, 2.45) is 7.05 Å². The lowest BCUT2D eigenvalue weighted by atomic mass is 10.2. The van der Waals surface area contributed by atoms with Crippen molar-refractivity contribution >= 4 is 44.6 Å². The second-order valence-electron chi connectivity index (χ2n) is 5.40. The number of aromatic nitrogens is 4. The molecule has 0 atom stereocenters. The molecule has 3 aromatic rings. The number of rotatable bonds is 3. The van der Waals surface area contributed by atoms with E-state index in [0.717, 1.165) is 5.56 Å². The van der Waals surface area contributed by atoms with Crippen LogP contribution in [-0.2, 0) is 13.6 Å². The lowest BCUT2D eigenvalue weighted by Gasteiger charge is -2.15. The van der Waals surface area contributed by atoms with Crippen molar-refractivity contribution in [2.75, 3.05) is 19.0 Å². The number of hydrogen-bond donors (Lipinski definition) is 0. The third-order valence-corrected chi connectivity index (χ3v) is 4.58. The quantitative estimate of drug-likeness (QED) is 0.639. The maximum absolute atomic E-state index is 12.7. The Morgan fingerprint density at radius 1 is 1.26 bits per heavy atom. The van der Waals surface area contributed by atoms with Crippen LogP contribution in [0.3, 0.4) is 0 Å². The summed E-state index contributed by atoms with van der Waals surface area (Å²) in [7, 11) is 5.37. The fourth-order valence-corrected chi connectivity index (χ4v) is 3.13. The van der Waals surface area contributed by atoms with Crippen LogP contribution in [0, 0.1) is 0 Å². The Kier molecular flexibility index (Phi) is 4.16. The molecule has 0 saturated heterocycles. The largest absolute Gasteiger partial charge is 0.348 e. The van der Waals surface area contributed by atoms with Gasteiger partial charge in [-0.15, -0.1) is 0 Å². The maximum Gasteiger partial charge on any atom is 0.280 e. The summed E-state index contributed by atoms with van der Waals surface area (Å²) in [6.07, 6.45) is 0. The van der Waals surface area contributed by atoms with Crippen LogP contribution in [0.15, 0.2) is 33.8 Å². The minimum atomic E-state index is -0.149. The van der Waals surface area contributed by atoms with Gasteiger partial charge in [0, 0.05) is 26.2 Å². The lowest BCUT2D eigenvalue weighted by Crippen LogP contribution is -2.27. The molecule has 6 nitrogen and oxygen atoms in total. The van der Waals surface area contributed by atoms with Crippen LogP contribution in [0.5, 0.6) is 0 Å². The third-order valence-electron chi connectivity index (χ3n) is 3.60. The molecule has 0 saturated carbocycles. The number of halogens is 2. The summed E-state index contributed by atoms with van der Waals surface area (Å²) in [5, 5.41) is 0.649. The van der Waals surface area contributed by atoms with Gasteiger partial charge in [0.25, 0.3) is 5.56 Å². The highest BCUT2D eigenvalue weighted by Crippen LogP contribution is 2.22. The summed E-state index contributed by atoms with van der Waals surface area (Å²) in [6.45, 7) is 0.439. The number of imidazole rings is 1. The molecule has 0 unspecified atom stereocenters. The summed E-state index contributed by atoms with van der Waals surface area (Å²) in [4.78, 5) is 23.4. The van der Waals surface area contributed by atoms with Crippen molar-refractivity contribution in [3.63, 3.8) is 0 Å². The molecule has 0 radical (unpaired) electrons. The number of nitrogens with zero attached hydrogens (tertiary/aromatic N) is 5. The Hall–Kier alpha value is -1.86. The number of fused-ring (bicyclic) bond motifs is 1. The average molecular weight is 397 g/mol. The fraction of sp³-hybridized carbons (Fsp3) is 0.267. The van der Waals surface area contributed by atoms with E-state index in [1.807, 2.05) is 38.4 Å². The molecule has 0 N–H and O–H groups in total. The van der Waals surface area contributed by atoms with Gasteiger partial charge in [-0.3, -0.25) is 9.36 Å². The van der Waals surface area contributed by atoms with Crippen molar-refractivity contribution in [1.29, 1.82) is 0 Å². The average Bonchev–Trinajstić information content (AvgIpc) is 2.81. The van der Waals surface area contributed by atoms with Crippen LogP contribution < -0.4 is 10.5 Å². The minimum absolute atomic E-state index is 0.149. The van der Waals surface area contributed by atoms with Gasteiger partial charge in [0.1, 0.15) is 0 Å². The van der Waals surface area contributed by atoms with Crippen molar-refractivity contribution in [1.82, 2.24) is 19.1 Å². The normalized spacial score (nSPS) is 11.2. The minimum Gasteiger partial charge on any atom is -0.348 e. The molecule has 0 aliphatic heterocycles. The molecule has 3 rings (SSSR count). The molecule has 120 valence electrons. The van der Waals surface area contributed by atoms with E-state index in [0.29, 0.717) is 33.4 Å². The Balaban J connectivity index is 2.23. The first-order valence-corrected chi connectivity index (χ1v) is 8.10. The molecule has 0 spiro atoms. The molecule has 8 heteroatoms. The molecule has 0 bridgehead atoms. The van der Waals surface area contributed by atoms with Gasteiger partial charge in [0.2, 0.25) is 5.95 Å². The molecular formula is C15H15BrClN5O. The van der Waals surface area contributed by atoms with E-state index in [4.69, 9.17) is 11.6 Å². The van der Waals surface area contributed by atoms with E-state index in [1.165, 1.54) is 4.57 Å². The van der Waals surface area contributed by atoms with Gasteiger partial charge in [0.05, 0.1) is 6.54 Å². The van der Waals surface area contributed by atoms with E-state index in [9.17, 15) is 4.79 Å². The van der Waals surface area contributed by atoms with Gasteiger partial charge < -0.3 is 9.47 Å². The lowest BCUT2D eigenvalue weighted by molar-refractivity contribution is 0.771. The van der Waals surface area contributed by atoms with Gasteiger partial charge in [-0.2, -0.15) is 4.98 Å². The molecule has 0 aliphatic carbocycles. The summed E-state index contributed by atoms with van der Waals surface area (Å²) in [6, 6.07) is 7.53. The van der Waals surface area contributed by atoms with Gasteiger partial charge in [0.15, 0.2) is 15.9 Å². The van der Waals surface area contributed by atoms with E-state index in [-0.39, 0.29) is 5.56 Å². The molecule has 1 aromatic carbocycles. The summed E-state index contributed by atoms with van der Waals surface area (Å²) in [5.74, 6) is 0.553. The van der Waals surface area contributed by atoms with Gasteiger partial charge in [-0.05, 0) is 27.6 Å². The molecular weight excluding hydrogens is 382 g/mol. The van der Waals surface area contributed by atoms with Crippen LogP contribution in [-0.4, -0.2) is 33.2 Å². The molecule has 2 heterocycles. The highest BCUT2D eigenvalue weighted by atomic mass is 79.9. The van der Waals surface area contributed by atoms with Crippen LogP contribution >= 0.6 is 27.5 Å². The molecule has 2 aromatic heterocycles. The molecule has 23 heavy (non-hydrogen) atoms. The Morgan fingerprint density at radius 2 is 1.96 bits per heavy atom.